The van der Waals surface area contributed by atoms with Crippen molar-refractivity contribution in [1.82, 2.24) is 5.32 Å². The first-order valence-electron chi connectivity index (χ1n) is 8.70. The summed E-state index contributed by atoms with van der Waals surface area (Å²) in [5, 5.41) is 11.7. The van der Waals surface area contributed by atoms with E-state index < -0.39 is 18.1 Å². The molecule has 0 aromatic heterocycles. The Morgan fingerprint density at radius 2 is 1.67 bits per heavy atom. The molecule has 7 heteroatoms. The molecule has 0 saturated carbocycles. The van der Waals surface area contributed by atoms with Gasteiger partial charge in [-0.3, -0.25) is 0 Å². The largest absolute Gasteiger partial charge is 0.480 e. The summed E-state index contributed by atoms with van der Waals surface area (Å²) in [5.41, 5.74) is 4.55. The van der Waals surface area contributed by atoms with Crippen molar-refractivity contribution in [3.8, 4) is 11.1 Å². The molecule has 0 fully saturated rings. The van der Waals surface area contributed by atoms with Crippen LogP contribution in [-0.4, -0.2) is 41.3 Å². The van der Waals surface area contributed by atoms with Crippen molar-refractivity contribution in [2.24, 2.45) is 0 Å². The van der Waals surface area contributed by atoms with E-state index in [1.54, 1.807) is 10.8 Å². The highest BCUT2D eigenvalue weighted by Crippen LogP contribution is 2.44. The predicted molar refractivity (Wildman–Crippen MR) is 110 cm³/mol. The molecule has 5 nitrogen and oxygen atoms in total. The maximum absolute atomic E-state index is 12.2. The number of carboxylic acids is 1. The van der Waals surface area contributed by atoms with Crippen LogP contribution in [0.15, 0.2) is 48.5 Å². The highest BCUT2D eigenvalue weighted by Gasteiger charge is 2.29. The summed E-state index contributed by atoms with van der Waals surface area (Å²) in [6.07, 6.45) is -0.702. The third kappa shape index (κ3) is 4.59. The van der Waals surface area contributed by atoms with Crippen LogP contribution in [0.1, 0.15) is 24.0 Å². The number of benzene rings is 2. The molecule has 0 radical (unpaired) electrons. The molecule has 1 atom stereocenters. The first-order chi connectivity index (χ1) is 13.1. The molecule has 0 saturated heterocycles. The van der Waals surface area contributed by atoms with Crippen LogP contribution in [0.25, 0.3) is 11.1 Å². The molecule has 1 aliphatic carbocycles. The van der Waals surface area contributed by atoms with Gasteiger partial charge in [0.05, 0.1) is 0 Å². The minimum absolute atomic E-state index is 0.0450. The number of hydrogen-bond donors (Lipinski definition) is 2. The van der Waals surface area contributed by atoms with Crippen LogP contribution >= 0.6 is 21.6 Å². The van der Waals surface area contributed by atoms with Crippen molar-refractivity contribution in [2.75, 3.05) is 18.1 Å². The number of aliphatic carboxylic acids is 1. The summed E-state index contributed by atoms with van der Waals surface area (Å²) in [4.78, 5) is 23.5. The minimum Gasteiger partial charge on any atom is -0.480 e. The number of fused-ring (bicyclic) bond motifs is 3. The van der Waals surface area contributed by atoms with Gasteiger partial charge in [0.1, 0.15) is 12.6 Å². The van der Waals surface area contributed by atoms with Crippen LogP contribution in [0, 0.1) is 0 Å². The Kier molecular flexibility index (Phi) is 6.68. The zero-order valence-corrected chi connectivity index (χ0v) is 16.5. The Hall–Kier alpha value is -2.12. The smallest absolute Gasteiger partial charge is 0.407 e. The van der Waals surface area contributed by atoms with Gasteiger partial charge in [-0.15, -0.1) is 0 Å². The second-order valence-electron chi connectivity index (χ2n) is 6.05. The second kappa shape index (κ2) is 9.19. The summed E-state index contributed by atoms with van der Waals surface area (Å²) in [5.74, 6) is 0.0594. The summed E-state index contributed by atoms with van der Waals surface area (Å²) >= 11 is 0. The Bertz CT molecular complexity index is 782. The molecule has 27 heavy (non-hydrogen) atoms. The van der Waals surface area contributed by atoms with Gasteiger partial charge in [0.25, 0.3) is 0 Å². The van der Waals surface area contributed by atoms with E-state index in [1.807, 2.05) is 43.3 Å². The monoisotopic (exact) mass is 403 g/mol. The van der Waals surface area contributed by atoms with Gasteiger partial charge in [-0.05, 0) is 22.3 Å². The van der Waals surface area contributed by atoms with Gasteiger partial charge in [-0.2, -0.15) is 0 Å². The number of carbonyl (C=O) groups excluding carboxylic acids is 1. The lowest BCUT2D eigenvalue weighted by molar-refractivity contribution is -0.138. The predicted octanol–water partition coefficient (Wildman–Crippen LogP) is 4.38. The lowest BCUT2D eigenvalue weighted by Gasteiger charge is -2.17. The SMILES string of the molecule is CCSSCC(NC(=O)OCC1c2ccccc2-c2ccccc21)C(=O)O. The van der Waals surface area contributed by atoms with Gasteiger partial charge >= 0.3 is 12.1 Å². The molecule has 2 N–H and O–H groups in total. The average molecular weight is 404 g/mol. The fraction of sp³-hybridized carbons (Fsp3) is 0.300. The number of nitrogens with one attached hydrogen (secondary N) is 1. The van der Waals surface area contributed by atoms with E-state index in [0.29, 0.717) is 0 Å². The summed E-state index contributed by atoms with van der Waals surface area (Å²) < 4.78 is 5.40. The Morgan fingerprint density at radius 1 is 1.07 bits per heavy atom. The molecule has 1 unspecified atom stereocenters. The van der Waals surface area contributed by atoms with Crippen LogP contribution < -0.4 is 5.32 Å². The van der Waals surface area contributed by atoms with Gasteiger partial charge < -0.3 is 15.2 Å². The molecule has 2 aromatic carbocycles. The fourth-order valence-electron chi connectivity index (χ4n) is 3.16. The second-order valence-corrected chi connectivity index (χ2v) is 8.85. The van der Waals surface area contributed by atoms with Crippen LogP contribution in [0.3, 0.4) is 0 Å². The molecule has 0 spiro atoms. The van der Waals surface area contributed by atoms with Gasteiger partial charge in [-0.25, -0.2) is 9.59 Å². The van der Waals surface area contributed by atoms with E-state index in [1.165, 1.54) is 10.8 Å². The van der Waals surface area contributed by atoms with Crippen molar-refractivity contribution in [1.29, 1.82) is 0 Å². The molecule has 2 aromatic rings. The maximum atomic E-state index is 12.2. The third-order valence-corrected chi connectivity index (χ3v) is 6.86. The summed E-state index contributed by atoms with van der Waals surface area (Å²) in [6, 6.07) is 15.2. The fourth-order valence-corrected chi connectivity index (χ4v) is 4.98. The number of carbonyl (C=O) groups is 2. The molecular formula is C20H21NO4S2. The highest BCUT2D eigenvalue weighted by molar-refractivity contribution is 8.76. The maximum Gasteiger partial charge on any atom is 0.407 e. The Labute approximate surface area is 166 Å². The van der Waals surface area contributed by atoms with Gasteiger partial charge in [0.15, 0.2) is 0 Å². The molecule has 1 amide bonds. The summed E-state index contributed by atoms with van der Waals surface area (Å²) in [6.45, 7) is 2.16. The Balaban J connectivity index is 1.64. The standard InChI is InChI=1S/C20H21NO4S2/c1-2-26-27-12-18(19(22)23)21-20(24)25-11-17-15-9-5-3-7-13(15)14-8-4-6-10-16(14)17/h3-10,17-18H,2,11-12H2,1H3,(H,21,24)(H,22,23). The van der Waals surface area contributed by atoms with Crippen LogP contribution in [0.2, 0.25) is 0 Å². The topological polar surface area (TPSA) is 75.6 Å². The van der Waals surface area contributed by atoms with Crippen LogP contribution in [0.5, 0.6) is 0 Å². The van der Waals surface area contributed by atoms with Crippen molar-refractivity contribution < 1.29 is 19.4 Å². The lowest BCUT2D eigenvalue weighted by atomic mass is 9.98. The van der Waals surface area contributed by atoms with Crippen LogP contribution in [0.4, 0.5) is 4.79 Å². The number of alkyl carbamates (subject to hydrolysis) is 1. The minimum atomic E-state index is -1.06. The van der Waals surface area contributed by atoms with E-state index in [9.17, 15) is 14.7 Å². The van der Waals surface area contributed by atoms with Gasteiger partial charge in [-0.1, -0.05) is 77.0 Å². The summed E-state index contributed by atoms with van der Waals surface area (Å²) in [7, 11) is 2.98. The zero-order chi connectivity index (χ0) is 19.2. The van der Waals surface area contributed by atoms with Crippen molar-refractivity contribution in [2.45, 2.75) is 18.9 Å². The first-order valence-corrected chi connectivity index (χ1v) is 11.2. The van der Waals surface area contributed by atoms with E-state index in [4.69, 9.17) is 4.74 Å². The lowest BCUT2D eigenvalue weighted by Crippen LogP contribution is -2.43. The molecule has 0 heterocycles. The molecule has 3 rings (SSSR count). The Morgan fingerprint density at radius 3 is 2.22 bits per heavy atom. The molecule has 1 aliphatic rings. The third-order valence-electron chi connectivity index (χ3n) is 4.37. The highest BCUT2D eigenvalue weighted by atomic mass is 33.1. The van der Waals surface area contributed by atoms with Gasteiger partial charge in [0, 0.05) is 17.4 Å². The molecule has 0 bridgehead atoms. The van der Waals surface area contributed by atoms with E-state index in [-0.39, 0.29) is 18.3 Å². The first kappa shape index (κ1) is 19.6. The van der Waals surface area contributed by atoms with E-state index >= 15 is 0 Å². The number of rotatable bonds is 8. The molecule has 142 valence electrons. The molecular weight excluding hydrogens is 382 g/mol. The number of hydrogen-bond acceptors (Lipinski definition) is 5. The van der Waals surface area contributed by atoms with Crippen molar-refractivity contribution >= 4 is 33.7 Å². The van der Waals surface area contributed by atoms with E-state index in [0.717, 1.165) is 28.0 Å². The number of carboxylic acid groups (broad SMARTS) is 1. The van der Waals surface area contributed by atoms with Crippen molar-refractivity contribution in [3.05, 3.63) is 59.7 Å². The van der Waals surface area contributed by atoms with Crippen molar-refractivity contribution in [3.63, 3.8) is 0 Å². The average Bonchev–Trinajstić information content (AvgIpc) is 2.99. The molecule has 0 aliphatic heterocycles. The number of ether oxygens (including phenoxy) is 1. The zero-order valence-electron chi connectivity index (χ0n) is 14.9. The van der Waals surface area contributed by atoms with Crippen LogP contribution in [-0.2, 0) is 9.53 Å². The van der Waals surface area contributed by atoms with Gasteiger partial charge in [0.2, 0.25) is 0 Å². The normalized spacial score (nSPS) is 13.5. The van der Waals surface area contributed by atoms with E-state index in [2.05, 4.69) is 17.4 Å². The number of amides is 1. The quantitative estimate of drug-likeness (QED) is 0.503.